The summed E-state index contributed by atoms with van der Waals surface area (Å²) in [7, 11) is 4.83. The highest BCUT2D eigenvalue weighted by molar-refractivity contribution is 7.15. The third-order valence-electron chi connectivity index (χ3n) is 4.95. The Kier molecular flexibility index (Phi) is 5.50. The van der Waals surface area contributed by atoms with Crippen LogP contribution in [0.2, 0.25) is 0 Å². The van der Waals surface area contributed by atoms with Gasteiger partial charge >= 0.3 is 0 Å². The predicted molar refractivity (Wildman–Crippen MR) is 119 cm³/mol. The number of nitrogens with one attached hydrogen (secondary N) is 1. The fourth-order valence-electron chi connectivity index (χ4n) is 3.31. The Balaban J connectivity index is 1.73. The molecule has 156 valence electrons. The van der Waals surface area contributed by atoms with Crippen LogP contribution in [0.3, 0.4) is 0 Å². The zero-order valence-corrected chi connectivity index (χ0v) is 18.5. The van der Waals surface area contributed by atoms with E-state index in [0.717, 1.165) is 33.4 Å². The number of nitrogens with zero attached hydrogens (tertiary/aromatic N) is 3. The molecule has 4 rings (SSSR count). The lowest BCUT2D eigenvalue weighted by Crippen LogP contribution is -2.05. The summed E-state index contributed by atoms with van der Waals surface area (Å²) in [5, 5.41) is 4.44. The number of aromatic nitrogens is 3. The molecule has 0 radical (unpaired) electrons. The van der Waals surface area contributed by atoms with Crippen molar-refractivity contribution < 1.29 is 14.2 Å². The minimum atomic E-state index is 0.551. The Bertz CT molecular complexity index is 1150. The molecule has 0 atom stereocenters. The first-order valence-electron chi connectivity index (χ1n) is 9.50. The van der Waals surface area contributed by atoms with E-state index in [1.807, 2.05) is 47.9 Å². The Labute approximate surface area is 179 Å². The molecule has 3 heterocycles. The number of hydrogen-bond donors (Lipinski definition) is 1. The number of anilines is 1. The molecule has 0 saturated carbocycles. The van der Waals surface area contributed by atoms with Gasteiger partial charge in [-0.25, -0.2) is 9.97 Å². The zero-order valence-electron chi connectivity index (χ0n) is 17.6. The number of ether oxygens (including phenoxy) is 3. The Morgan fingerprint density at radius 1 is 1.00 bits per heavy atom. The van der Waals surface area contributed by atoms with E-state index < -0.39 is 0 Å². The number of methoxy groups -OCH3 is 3. The fourth-order valence-corrected chi connectivity index (χ4v) is 4.22. The molecule has 8 heteroatoms. The predicted octanol–water partition coefficient (Wildman–Crippen LogP) is 4.71. The number of aryl methyl sites for hydroxylation is 2. The van der Waals surface area contributed by atoms with Crippen LogP contribution in [0.5, 0.6) is 17.2 Å². The molecule has 0 fully saturated rings. The van der Waals surface area contributed by atoms with Crippen LogP contribution in [0.1, 0.15) is 16.1 Å². The van der Waals surface area contributed by atoms with E-state index in [1.54, 1.807) is 32.7 Å². The molecule has 4 aromatic rings. The number of fused-ring (bicyclic) bond motifs is 1. The lowest BCUT2D eigenvalue weighted by molar-refractivity contribution is 0.324. The van der Waals surface area contributed by atoms with Crippen molar-refractivity contribution in [3.63, 3.8) is 0 Å². The molecule has 0 aliphatic rings. The first-order valence-corrected chi connectivity index (χ1v) is 10.3. The van der Waals surface area contributed by atoms with Crippen molar-refractivity contribution in [1.82, 2.24) is 14.4 Å². The third-order valence-corrected chi connectivity index (χ3v) is 6.03. The quantitative estimate of drug-likeness (QED) is 0.463. The van der Waals surface area contributed by atoms with E-state index >= 15 is 0 Å². The van der Waals surface area contributed by atoms with Crippen molar-refractivity contribution in [1.29, 1.82) is 0 Å². The SMILES string of the molecule is COc1cc(CNc2c(-c3nc(C)c(C)s3)nc3ccccn23)cc(OC)c1OC. The number of rotatable bonds is 7. The molecule has 0 aliphatic heterocycles. The lowest BCUT2D eigenvalue weighted by Gasteiger charge is -2.15. The maximum Gasteiger partial charge on any atom is 0.203 e. The van der Waals surface area contributed by atoms with Crippen LogP contribution in [0.25, 0.3) is 16.3 Å². The molecule has 0 unspecified atom stereocenters. The van der Waals surface area contributed by atoms with Gasteiger partial charge in [-0.2, -0.15) is 0 Å². The van der Waals surface area contributed by atoms with Gasteiger partial charge in [0.1, 0.15) is 22.2 Å². The van der Waals surface area contributed by atoms with Gasteiger partial charge in [0.15, 0.2) is 11.5 Å². The second-order valence-corrected chi connectivity index (χ2v) is 7.99. The highest BCUT2D eigenvalue weighted by Crippen LogP contribution is 2.39. The zero-order chi connectivity index (χ0) is 21.3. The summed E-state index contributed by atoms with van der Waals surface area (Å²) in [6.45, 7) is 4.65. The normalized spacial score (nSPS) is 11.0. The topological polar surface area (TPSA) is 69.9 Å². The molecule has 0 amide bonds. The maximum atomic E-state index is 5.48. The summed E-state index contributed by atoms with van der Waals surface area (Å²) < 4.78 is 18.4. The Hall–Kier alpha value is -3.26. The number of imidazole rings is 1. The third kappa shape index (κ3) is 3.54. The van der Waals surface area contributed by atoms with Crippen LogP contribution in [0, 0.1) is 13.8 Å². The van der Waals surface area contributed by atoms with Gasteiger partial charge in [-0.05, 0) is 43.7 Å². The minimum absolute atomic E-state index is 0.551. The van der Waals surface area contributed by atoms with Gasteiger partial charge in [-0.15, -0.1) is 11.3 Å². The molecule has 1 N–H and O–H groups in total. The standard InChI is InChI=1S/C22H24N4O3S/c1-13-14(2)30-22(24-13)19-21(26-9-7-6-8-18(26)25-19)23-12-15-10-16(27-3)20(29-5)17(11-15)28-4/h6-11,23H,12H2,1-5H3. The number of hydrogen-bond acceptors (Lipinski definition) is 7. The van der Waals surface area contributed by atoms with Crippen molar-refractivity contribution in [2.75, 3.05) is 26.6 Å². The van der Waals surface area contributed by atoms with Gasteiger partial charge in [-0.3, -0.25) is 4.40 Å². The molecule has 0 bridgehead atoms. The molecule has 7 nitrogen and oxygen atoms in total. The molecule has 0 saturated heterocycles. The van der Waals surface area contributed by atoms with Crippen molar-refractivity contribution in [2.24, 2.45) is 0 Å². The molecular weight excluding hydrogens is 400 g/mol. The van der Waals surface area contributed by atoms with Crippen LogP contribution in [0.15, 0.2) is 36.5 Å². The minimum Gasteiger partial charge on any atom is -0.493 e. The summed E-state index contributed by atoms with van der Waals surface area (Å²) in [6.07, 6.45) is 2.00. The van der Waals surface area contributed by atoms with Crippen LogP contribution >= 0.6 is 11.3 Å². The number of thiazole rings is 1. The van der Waals surface area contributed by atoms with Crippen molar-refractivity contribution in [2.45, 2.75) is 20.4 Å². The summed E-state index contributed by atoms with van der Waals surface area (Å²) in [4.78, 5) is 10.7. The van der Waals surface area contributed by atoms with E-state index in [0.29, 0.717) is 23.8 Å². The molecule has 1 aromatic carbocycles. The summed E-state index contributed by atoms with van der Waals surface area (Å²) in [5.74, 6) is 2.72. The summed E-state index contributed by atoms with van der Waals surface area (Å²) in [5.41, 5.74) is 3.73. The second kappa shape index (κ2) is 8.23. The highest BCUT2D eigenvalue weighted by Gasteiger charge is 2.19. The van der Waals surface area contributed by atoms with Gasteiger partial charge in [0.05, 0.1) is 27.0 Å². The van der Waals surface area contributed by atoms with E-state index in [4.69, 9.17) is 24.2 Å². The summed E-state index contributed by atoms with van der Waals surface area (Å²) in [6, 6.07) is 9.83. The fraction of sp³-hybridized carbons (Fsp3) is 0.273. The van der Waals surface area contributed by atoms with Gasteiger partial charge < -0.3 is 19.5 Å². The van der Waals surface area contributed by atoms with Gasteiger partial charge in [0.2, 0.25) is 5.75 Å². The van der Waals surface area contributed by atoms with E-state index in [-0.39, 0.29) is 0 Å². The number of benzene rings is 1. The molecule has 3 aromatic heterocycles. The first-order chi connectivity index (χ1) is 14.5. The molecule has 0 aliphatic carbocycles. The van der Waals surface area contributed by atoms with Crippen LogP contribution in [0.4, 0.5) is 5.82 Å². The summed E-state index contributed by atoms with van der Waals surface area (Å²) >= 11 is 1.65. The van der Waals surface area contributed by atoms with Gasteiger partial charge in [0.25, 0.3) is 0 Å². The molecular formula is C22H24N4O3S. The molecule has 0 spiro atoms. The van der Waals surface area contributed by atoms with Gasteiger partial charge in [0, 0.05) is 17.6 Å². The second-order valence-electron chi connectivity index (χ2n) is 6.79. The monoisotopic (exact) mass is 424 g/mol. The average Bonchev–Trinajstić information content (AvgIpc) is 3.30. The number of pyridine rings is 1. The first kappa shape index (κ1) is 20.0. The largest absolute Gasteiger partial charge is 0.493 e. The Morgan fingerprint density at radius 2 is 1.73 bits per heavy atom. The highest BCUT2D eigenvalue weighted by atomic mass is 32.1. The average molecular weight is 425 g/mol. The van der Waals surface area contributed by atoms with Crippen molar-refractivity contribution in [3.8, 4) is 28.0 Å². The van der Waals surface area contributed by atoms with E-state index in [1.165, 1.54) is 4.88 Å². The van der Waals surface area contributed by atoms with E-state index in [2.05, 4.69) is 12.2 Å². The van der Waals surface area contributed by atoms with Crippen molar-refractivity contribution >= 4 is 22.8 Å². The lowest BCUT2D eigenvalue weighted by atomic mass is 10.1. The van der Waals surface area contributed by atoms with Crippen LogP contribution < -0.4 is 19.5 Å². The smallest absolute Gasteiger partial charge is 0.203 e. The Morgan fingerprint density at radius 3 is 2.33 bits per heavy atom. The molecule has 30 heavy (non-hydrogen) atoms. The maximum absolute atomic E-state index is 5.48. The van der Waals surface area contributed by atoms with Crippen LogP contribution in [-0.2, 0) is 6.54 Å². The van der Waals surface area contributed by atoms with Gasteiger partial charge in [-0.1, -0.05) is 6.07 Å². The van der Waals surface area contributed by atoms with E-state index in [9.17, 15) is 0 Å². The van der Waals surface area contributed by atoms with Crippen molar-refractivity contribution in [3.05, 3.63) is 52.7 Å². The van der Waals surface area contributed by atoms with Crippen LogP contribution in [-0.4, -0.2) is 35.7 Å².